The lowest BCUT2D eigenvalue weighted by Crippen LogP contribution is -2.12. The van der Waals surface area contributed by atoms with E-state index in [-0.39, 0.29) is 0 Å². The molecule has 132 valence electrons. The molecule has 5 nitrogen and oxygen atoms in total. The average molecular weight is 337 g/mol. The summed E-state index contributed by atoms with van der Waals surface area (Å²) in [7, 11) is 1.93. The Balaban J connectivity index is 0.000000970. The zero-order valence-corrected chi connectivity index (χ0v) is 15.6. The molecule has 2 rings (SSSR count). The molecule has 0 aliphatic carbocycles. The lowest BCUT2D eigenvalue weighted by atomic mass is 10.1. The molecule has 5 heteroatoms. The largest absolute Gasteiger partial charge is 0.390 e. The Bertz CT molecular complexity index is 701. The predicted octanol–water partition coefficient (Wildman–Crippen LogP) is 4.42. The molecule has 0 amide bonds. The van der Waals surface area contributed by atoms with E-state index >= 15 is 0 Å². The molecule has 0 saturated heterocycles. The highest BCUT2D eigenvalue weighted by atomic mass is 15.1. The molecule has 0 atom stereocenters. The van der Waals surface area contributed by atoms with Crippen LogP contribution in [0.4, 0.5) is 11.4 Å². The number of benzene rings is 2. The molecule has 0 heterocycles. The molecule has 0 spiro atoms. The van der Waals surface area contributed by atoms with Crippen LogP contribution in [0, 0.1) is 33.1 Å². The average Bonchev–Trinajstić information content (AvgIpc) is 2.54. The van der Waals surface area contributed by atoms with Crippen LogP contribution in [-0.4, -0.2) is 31.0 Å². The number of hydrogen-bond acceptors (Lipinski definition) is 3. The van der Waals surface area contributed by atoms with Crippen molar-refractivity contribution in [2.45, 2.75) is 27.7 Å². The van der Waals surface area contributed by atoms with E-state index in [0.29, 0.717) is 0 Å². The lowest BCUT2D eigenvalue weighted by Gasteiger charge is -2.07. The van der Waals surface area contributed by atoms with E-state index in [4.69, 9.17) is 5.41 Å². The quantitative estimate of drug-likeness (QED) is 0.639. The van der Waals surface area contributed by atoms with E-state index < -0.39 is 0 Å². The van der Waals surface area contributed by atoms with Gasteiger partial charge >= 0.3 is 0 Å². The van der Waals surface area contributed by atoms with Gasteiger partial charge < -0.3 is 10.6 Å². The number of nitrogens with zero attached hydrogens (tertiary/aromatic N) is 3. The summed E-state index contributed by atoms with van der Waals surface area (Å²) >= 11 is 0. The number of rotatable bonds is 4. The number of nitrogens with one attached hydrogen (secondary N) is 1. The van der Waals surface area contributed by atoms with Crippen LogP contribution in [0.3, 0.4) is 0 Å². The van der Waals surface area contributed by atoms with Crippen molar-refractivity contribution in [3.05, 3.63) is 58.7 Å². The minimum atomic E-state index is 0.750. The van der Waals surface area contributed by atoms with Gasteiger partial charge in [-0.15, -0.1) is 0 Å². The van der Waals surface area contributed by atoms with Gasteiger partial charge in [0.05, 0.1) is 30.4 Å². The number of hydrogen-bond donors (Lipinski definition) is 2. The van der Waals surface area contributed by atoms with Crippen LogP contribution in [0.15, 0.2) is 46.4 Å². The van der Waals surface area contributed by atoms with Gasteiger partial charge in [-0.3, -0.25) is 5.41 Å². The Hall–Kier alpha value is -2.95. The molecule has 0 saturated carbocycles. The molecule has 25 heavy (non-hydrogen) atoms. The Morgan fingerprint density at radius 1 is 0.840 bits per heavy atom. The van der Waals surface area contributed by atoms with Crippen molar-refractivity contribution >= 4 is 30.4 Å². The summed E-state index contributed by atoms with van der Waals surface area (Å²) < 4.78 is 0. The summed E-state index contributed by atoms with van der Waals surface area (Å²) in [6.07, 6.45) is 4.31. The second-order valence-electron chi connectivity index (χ2n) is 5.90. The zero-order chi connectivity index (χ0) is 18.8. The maximum absolute atomic E-state index is 5.86. The number of nitrogens with two attached hydrogens (primary N) is 1. The first kappa shape index (κ1) is 20.1. The monoisotopic (exact) mass is 337 g/mol. The molecule has 0 fully saturated rings. The molecule has 0 unspecified atom stereocenters. The second kappa shape index (κ2) is 10.0. The van der Waals surface area contributed by atoms with Crippen molar-refractivity contribution in [3.8, 4) is 0 Å². The second-order valence-corrected chi connectivity index (χ2v) is 5.90. The normalized spacial score (nSPS) is 10.6. The third kappa shape index (κ3) is 6.99. The zero-order valence-electron chi connectivity index (χ0n) is 15.6. The fourth-order valence-corrected chi connectivity index (χ4v) is 2.24. The summed E-state index contributed by atoms with van der Waals surface area (Å²) in [4.78, 5) is 10.9. The molecule has 2 aromatic rings. The molecule has 0 aliphatic rings. The van der Waals surface area contributed by atoms with Gasteiger partial charge in [0.1, 0.15) is 0 Å². The highest BCUT2D eigenvalue weighted by molar-refractivity contribution is 5.78. The fraction of sp³-hybridized carbons (Fsp3) is 0.250. The predicted molar refractivity (Wildman–Crippen MR) is 109 cm³/mol. The molecule has 0 aliphatic heterocycles. The van der Waals surface area contributed by atoms with Crippen LogP contribution in [-0.2, 0) is 0 Å². The summed E-state index contributed by atoms with van der Waals surface area (Å²) in [5.74, 6) is 0. The van der Waals surface area contributed by atoms with Gasteiger partial charge in [-0.25, -0.2) is 9.98 Å². The Morgan fingerprint density at radius 3 is 1.52 bits per heavy atom. The van der Waals surface area contributed by atoms with Gasteiger partial charge in [-0.1, -0.05) is 35.4 Å². The molecule has 0 bridgehead atoms. The summed E-state index contributed by atoms with van der Waals surface area (Å²) in [5, 5.41) is 5.86. The van der Waals surface area contributed by atoms with E-state index in [9.17, 15) is 0 Å². The van der Waals surface area contributed by atoms with Gasteiger partial charge in [0, 0.05) is 7.05 Å². The van der Waals surface area contributed by atoms with E-state index in [0.717, 1.165) is 17.7 Å². The van der Waals surface area contributed by atoms with Crippen molar-refractivity contribution in [1.29, 1.82) is 5.41 Å². The third-order valence-electron chi connectivity index (χ3n) is 3.46. The third-order valence-corrected chi connectivity index (χ3v) is 3.46. The minimum absolute atomic E-state index is 0.750. The van der Waals surface area contributed by atoms with E-state index in [1.165, 1.54) is 22.3 Å². The Morgan fingerprint density at radius 2 is 1.20 bits per heavy atom. The van der Waals surface area contributed by atoms with Crippen LogP contribution in [0.25, 0.3) is 0 Å². The Labute approximate surface area is 150 Å². The van der Waals surface area contributed by atoms with Crippen molar-refractivity contribution < 1.29 is 0 Å². The van der Waals surface area contributed by atoms with Crippen molar-refractivity contribution in [2.75, 3.05) is 7.05 Å². The van der Waals surface area contributed by atoms with Gasteiger partial charge in [-0.05, 0) is 51.0 Å². The maximum atomic E-state index is 5.86. The van der Waals surface area contributed by atoms with Gasteiger partial charge in [0.25, 0.3) is 0 Å². The number of aryl methyl sites for hydroxylation is 4. The van der Waals surface area contributed by atoms with Crippen LogP contribution >= 0.6 is 0 Å². The summed E-state index contributed by atoms with van der Waals surface area (Å²) in [6, 6.07) is 12.5. The lowest BCUT2D eigenvalue weighted by molar-refractivity contribution is 0.801. The number of aliphatic imine (C=N–C) groups is 2. The van der Waals surface area contributed by atoms with Gasteiger partial charge in [0.2, 0.25) is 0 Å². The van der Waals surface area contributed by atoms with E-state index in [1.54, 1.807) is 12.7 Å². The SMILES string of the molecule is Cc1ccc(N=CN(C)C=Nc2ccc(C)cc2C)c(C)c1.N=CN. The first-order valence-corrected chi connectivity index (χ1v) is 8.03. The fourth-order valence-electron chi connectivity index (χ4n) is 2.24. The Kier molecular flexibility index (Phi) is 8.06. The van der Waals surface area contributed by atoms with Gasteiger partial charge in [-0.2, -0.15) is 0 Å². The summed E-state index contributed by atoms with van der Waals surface area (Å²) in [6.45, 7) is 8.32. The van der Waals surface area contributed by atoms with Crippen LogP contribution in [0.1, 0.15) is 22.3 Å². The first-order valence-electron chi connectivity index (χ1n) is 8.03. The van der Waals surface area contributed by atoms with Crippen LogP contribution in [0.5, 0.6) is 0 Å². The molecule has 0 radical (unpaired) electrons. The van der Waals surface area contributed by atoms with Crippen molar-refractivity contribution in [1.82, 2.24) is 4.90 Å². The topological polar surface area (TPSA) is 77.8 Å². The smallest absolute Gasteiger partial charge is 0.0961 e. The molecular weight excluding hydrogens is 310 g/mol. The van der Waals surface area contributed by atoms with E-state index in [2.05, 4.69) is 67.7 Å². The highest BCUT2D eigenvalue weighted by Crippen LogP contribution is 2.20. The van der Waals surface area contributed by atoms with Crippen LogP contribution < -0.4 is 5.73 Å². The van der Waals surface area contributed by atoms with Crippen molar-refractivity contribution in [2.24, 2.45) is 15.7 Å². The molecule has 0 aromatic heterocycles. The van der Waals surface area contributed by atoms with Crippen molar-refractivity contribution in [3.63, 3.8) is 0 Å². The standard InChI is InChI=1S/C19H23N3.CH4N2/c1-14-6-8-18(16(3)10-14)20-12-22(5)13-21-19-9-7-15(2)11-17(19)4;2-1-3/h6-13H,1-5H3;1H,(H3,2,3). The van der Waals surface area contributed by atoms with Crippen LogP contribution in [0.2, 0.25) is 0 Å². The summed E-state index contributed by atoms with van der Waals surface area (Å²) in [5.41, 5.74) is 11.2. The first-order chi connectivity index (χ1) is 11.9. The highest BCUT2D eigenvalue weighted by Gasteiger charge is 1.97. The molecule has 2 aromatic carbocycles. The van der Waals surface area contributed by atoms with E-state index in [1.807, 2.05) is 24.1 Å². The molecule has 3 N–H and O–H groups in total. The molecular formula is C20H27N5. The maximum Gasteiger partial charge on any atom is 0.0961 e. The van der Waals surface area contributed by atoms with Gasteiger partial charge in [0.15, 0.2) is 0 Å². The minimum Gasteiger partial charge on any atom is -0.390 e.